The predicted octanol–water partition coefficient (Wildman–Crippen LogP) is 2.24. The molecule has 8 nitrogen and oxygen atoms in total. The normalized spacial score (nSPS) is 10.9. The standard InChI is InChI=1S/C16H14N8/c1-10-5-4-8-13(20-10)21-15-14(17)16(19-9-18-15)24-12-7-3-2-6-11(12)22-23-24/h2-9H,17H2,1H3,(H,18,19,20,21). The van der Waals surface area contributed by atoms with Crippen molar-refractivity contribution in [3.63, 3.8) is 0 Å². The Hall–Kier alpha value is -3.55. The third-order valence-electron chi connectivity index (χ3n) is 3.55. The highest BCUT2D eigenvalue weighted by molar-refractivity contribution is 5.79. The Kier molecular flexibility index (Phi) is 3.27. The first-order valence-corrected chi connectivity index (χ1v) is 7.34. The van der Waals surface area contributed by atoms with Crippen LogP contribution in [-0.2, 0) is 0 Å². The summed E-state index contributed by atoms with van der Waals surface area (Å²) in [6.45, 7) is 1.92. The maximum atomic E-state index is 6.25. The molecule has 0 bridgehead atoms. The van der Waals surface area contributed by atoms with Crippen molar-refractivity contribution in [1.82, 2.24) is 29.9 Å². The second kappa shape index (κ2) is 5.58. The van der Waals surface area contributed by atoms with E-state index in [1.165, 1.54) is 6.33 Å². The van der Waals surface area contributed by atoms with Gasteiger partial charge in [-0.3, -0.25) is 0 Å². The highest BCUT2D eigenvalue weighted by Gasteiger charge is 2.14. The number of benzene rings is 1. The van der Waals surface area contributed by atoms with Crippen molar-refractivity contribution in [2.75, 3.05) is 11.1 Å². The summed E-state index contributed by atoms with van der Waals surface area (Å²) in [6.07, 6.45) is 1.43. The van der Waals surface area contributed by atoms with Gasteiger partial charge < -0.3 is 11.1 Å². The zero-order valence-corrected chi connectivity index (χ0v) is 12.9. The molecule has 0 unspecified atom stereocenters. The van der Waals surface area contributed by atoms with Crippen LogP contribution in [0.15, 0.2) is 48.8 Å². The van der Waals surface area contributed by atoms with Gasteiger partial charge in [-0.05, 0) is 31.2 Å². The fraction of sp³-hybridized carbons (Fsp3) is 0.0625. The summed E-state index contributed by atoms with van der Waals surface area (Å²) in [5.41, 5.74) is 9.11. The number of aryl methyl sites for hydroxylation is 1. The topological polar surface area (TPSA) is 107 Å². The Labute approximate surface area is 137 Å². The minimum Gasteiger partial charge on any atom is -0.393 e. The van der Waals surface area contributed by atoms with Gasteiger partial charge in [-0.25, -0.2) is 15.0 Å². The fourth-order valence-corrected chi connectivity index (χ4v) is 2.41. The molecule has 4 aromatic rings. The molecule has 8 heteroatoms. The molecule has 0 aliphatic heterocycles. The van der Waals surface area contributed by atoms with Crippen molar-refractivity contribution in [3.05, 3.63) is 54.5 Å². The lowest BCUT2D eigenvalue weighted by Crippen LogP contribution is -2.09. The number of fused-ring (bicyclic) bond motifs is 1. The van der Waals surface area contributed by atoms with Crippen LogP contribution >= 0.6 is 0 Å². The van der Waals surface area contributed by atoms with E-state index in [9.17, 15) is 0 Å². The average molecular weight is 318 g/mol. The van der Waals surface area contributed by atoms with Gasteiger partial charge in [0.1, 0.15) is 23.3 Å². The van der Waals surface area contributed by atoms with Crippen LogP contribution in [0.4, 0.5) is 17.3 Å². The summed E-state index contributed by atoms with van der Waals surface area (Å²) in [7, 11) is 0. The Morgan fingerprint density at radius 2 is 1.92 bits per heavy atom. The zero-order valence-electron chi connectivity index (χ0n) is 12.9. The van der Waals surface area contributed by atoms with Crippen LogP contribution in [0.2, 0.25) is 0 Å². The van der Waals surface area contributed by atoms with Crippen molar-refractivity contribution in [3.8, 4) is 5.82 Å². The minimum atomic E-state index is 0.372. The monoisotopic (exact) mass is 318 g/mol. The number of rotatable bonds is 3. The summed E-state index contributed by atoms with van der Waals surface area (Å²) in [5.74, 6) is 1.60. The van der Waals surface area contributed by atoms with E-state index < -0.39 is 0 Å². The molecule has 118 valence electrons. The van der Waals surface area contributed by atoms with Gasteiger partial charge in [-0.15, -0.1) is 5.10 Å². The predicted molar refractivity (Wildman–Crippen MR) is 91.1 cm³/mol. The second-order valence-electron chi connectivity index (χ2n) is 5.24. The molecular weight excluding hydrogens is 304 g/mol. The molecular formula is C16H14N8. The van der Waals surface area contributed by atoms with Crippen LogP contribution in [0.5, 0.6) is 0 Å². The third kappa shape index (κ3) is 2.39. The number of hydrogen-bond donors (Lipinski definition) is 2. The molecule has 0 aliphatic carbocycles. The maximum Gasteiger partial charge on any atom is 0.184 e. The number of hydrogen-bond acceptors (Lipinski definition) is 7. The number of anilines is 3. The van der Waals surface area contributed by atoms with Gasteiger partial charge in [0, 0.05) is 5.69 Å². The van der Waals surface area contributed by atoms with E-state index in [1.807, 2.05) is 49.4 Å². The molecule has 0 aliphatic rings. The van der Waals surface area contributed by atoms with E-state index in [1.54, 1.807) is 4.68 Å². The van der Waals surface area contributed by atoms with E-state index in [4.69, 9.17) is 5.73 Å². The summed E-state index contributed by atoms with van der Waals surface area (Å²) < 4.78 is 1.60. The van der Waals surface area contributed by atoms with Crippen LogP contribution in [0.25, 0.3) is 16.9 Å². The first-order valence-electron chi connectivity index (χ1n) is 7.34. The Balaban J connectivity index is 1.78. The van der Waals surface area contributed by atoms with Crippen LogP contribution in [0.3, 0.4) is 0 Å². The molecule has 0 fully saturated rings. The lowest BCUT2D eigenvalue weighted by atomic mass is 10.3. The third-order valence-corrected chi connectivity index (χ3v) is 3.55. The van der Waals surface area contributed by atoms with Gasteiger partial charge in [-0.1, -0.05) is 23.4 Å². The van der Waals surface area contributed by atoms with Crippen molar-refractivity contribution in [1.29, 1.82) is 0 Å². The van der Waals surface area contributed by atoms with Crippen LogP contribution in [0, 0.1) is 6.92 Å². The Morgan fingerprint density at radius 1 is 1.04 bits per heavy atom. The molecule has 0 amide bonds. The molecule has 3 aromatic heterocycles. The van der Waals surface area contributed by atoms with Crippen LogP contribution in [-0.4, -0.2) is 29.9 Å². The fourth-order valence-electron chi connectivity index (χ4n) is 2.41. The van der Waals surface area contributed by atoms with Gasteiger partial charge in [0.2, 0.25) is 0 Å². The summed E-state index contributed by atoms with van der Waals surface area (Å²) in [4.78, 5) is 12.8. The molecule has 0 saturated heterocycles. The second-order valence-corrected chi connectivity index (χ2v) is 5.24. The van der Waals surface area contributed by atoms with E-state index in [0.717, 1.165) is 16.7 Å². The maximum absolute atomic E-state index is 6.25. The van der Waals surface area contributed by atoms with Crippen LogP contribution in [0.1, 0.15) is 5.69 Å². The Morgan fingerprint density at radius 3 is 2.79 bits per heavy atom. The van der Waals surface area contributed by atoms with Gasteiger partial charge in [0.05, 0.1) is 5.52 Å². The smallest absolute Gasteiger partial charge is 0.184 e. The first-order chi connectivity index (χ1) is 11.7. The molecule has 0 saturated carbocycles. The molecule has 24 heavy (non-hydrogen) atoms. The quantitative estimate of drug-likeness (QED) is 0.596. The number of nitrogens with zero attached hydrogens (tertiary/aromatic N) is 6. The number of nitrogen functional groups attached to an aromatic ring is 1. The molecule has 1 aromatic carbocycles. The Bertz CT molecular complexity index is 1020. The number of nitrogens with two attached hydrogens (primary N) is 1. The van der Waals surface area contributed by atoms with E-state index in [2.05, 4.69) is 30.6 Å². The molecule has 3 heterocycles. The highest BCUT2D eigenvalue weighted by atomic mass is 15.4. The zero-order chi connectivity index (χ0) is 16.5. The number of pyridine rings is 1. The largest absolute Gasteiger partial charge is 0.393 e. The lowest BCUT2D eigenvalue weighted by Gasteiger charge is -2.11. The van der Waals surface area contributed by atoms with Gasteiger partial charge in [0.25, 0.3) is 0 Å². The van der Waals surface area contributed by atoms with E-state index in [0.29, 0.717) is 23.1 Å². The first kappa shape index (κ1) is 14.1. The van der Waals surface area contributed by atoms with E-state index in [-0.39, 0.29) is 0 Å². The number of nitrogens with one attached hydrogen (secondary N) is 1. The minimum absolute atomic E-state index is 0.372. The molecule has 3 N–H and O–H groups in total. The van der Waals surface area contributed by atoms with Crippen molar-refractivity contribution in [2.45, 2.75) is 6.92 Å². The number of para-hydroxylation sites is 1. The van der Waals surface area contributed by atoms with Crippen LogP contribution < -0.4 is 11.1 Å². The summed E-state index contributed by atoms with van der Waals surface area (Å²) in [6, 6.07) is 13.3. The van der Waals surface area contributed by atoms with E-state index >= 15 is 0 Å². The molecule has 0 spiro atoms. The lowest BCUT2D eigenvalue weighted by molar-refractivity contribution is 0.800. The SMILES string of the molecule is Cc1cccc(Nc2ncnc(-n3nnc4ccccc43)c2N)n1. The van der Waals surface area contributed by atoms with Gasteiger partial charge >= 0.3 is 0 Å². The molecule has 4 rings (SSSR count). The summed E-state index contributed by atoms with van der Waals surface area (Å²) in [5, 5.41) is 11.4. The molecule has 0 radical (unpaired) electrons. The number of aromatic nitrogens is 6. The van der Waals surface area contributed by atoms with Gasteiger partial charge in [0.15, 0.2) is 11.6 Å². The average Bonchev–Trinajstić information content (AvgIpc) is 3.01. The van der Waals surface area contributed by atoms with Crippen molar-refractivity contribution in [2.24, 2.45) is 0 Å². The highest BCUT2D eigenvalue weighted by Crippen LogP contribution is 2.25. The summed E-state index contributed by atoms with van der Waals surface area (Å²) >= 11 is 0. The van der Waals surface area contributed by atoms with Gasteiger partial charge in [-0.2, -0.15) is 4.68 Å². The molecule has 0 atom stereocenters. The van der Waals surface area contributed by atoms with Crippen molar-refractivity contribution >= 4 is 28.4 Å². The van der Waals surface area contributed by atoms with Crippen molar-refractivity contribution < 1.29 is 0 Å².